The van der Waals surface area contributed by atoms with E-state index in [2.05, 4.69) is 26.8 Å². The lowest BCUT2D eigenvalue weighted by Gasteiger charge is -2.34. The molecule has 0 amide bonds. The van der Waals surface area contributed by atoms with Crippen LogP contribution in [-0.2, 0) is 4.74 Å². The fourth-order valence-electron chi connectivity index (χ4n) is 4.88. The molecule has 35 heavy (non-hydrogen) atoms. The fraction of sp³-hybridized carbons (Fsp3) is 0.480. The number of rotatable bonds is 4. The Kier molecular flexibility index (Phi) is 6.65. The van der Waals surface area contributed by atoms with Crippen molar-refractivity contribution in [2.24, 2.45) is 0 Å². The summed E-state index contributed by atoms with van der Waals surface area (Å²) >= 11 is 0. The third-order valence-electron chi connectivity index (χ3n) is 6.83. The predicted octanol–water partition coefficient (Wildman–Crippen LogP) is 2.74. The van der Waals surface area contributed by atoms with E-state index in [0.717, 1.165) is 19.3 Å². The molecule has 0 bridgehead atoms. The number of anilines is 1. The summed E-state index contributed by atoms with van der Waals surface area (Å²) in [6.45, 7) is 0. The molecular weight excluding hydrogens is 456 g/mol. The monoisotopic (exact) mass is 483 g/mol. The van der Waals surface area contributed by atoms with Crippen molar-refractivity contribution < 1.29 is 23.7 Å². The van der Waals surface area contributed by atoms with Gasteiger partial charge < -0.3 is 19.8 Å². The minimum atomic E-state index is -1.25. The van der Waals surface area contributed by atoms with Gasteiger partial charge in [-0.2, -0.15) is 0 Å². The number of benzene rings is 1. The van der Waals surface area contributed by atoms with E-state index in [-0.39, 0.29) is 18.0 Å². The number of imidazole rings is 1. The Bertz CT molecular complexity index is 1260. The molecule has 2 unspecified atom stereocenters. The van der Waals surface area contributed by atoms with E-state index in [9.17, 15) is 19.0 Å². The topological polar surface area (TPSA) is 96.5 Å². The maximum Gasteiger partial charge on any atom is 0.167 e. The lowest BCUT2D eigenvalue weighted by molar-refractivity contribution is -0.0332. The molecule has 2 aliphatic rings. The van der Waals surface area contributed by atoms with Gasteiger partial charge in [-0.3, -0.25) is 4.57 Å². The lowest BCUT2D eigenvalue weighted by Crippen LogP contribution is -2.42. The third kappa shape index (κ3) is 4.47. The third-order valence-corrected chi connectivity index (χ3v) is 6.83. The van der Waals surface area contributed by atoms with Gasteiger partial charge in [-0.05, 0) is 25.0 Å². The molecule has 0 spiro atoms. The summed E-state index contributed by atoms with van der Waals surface area (Å²) in [6, 6.07) is 5.87. The first-order chi connectivity index (χ1) is 17.0. The lowest BCUT2D eigenvalue weighted by atomic mass is 9.92. The molecule has 3 heterocycles. The molecule has 0 radical (unpaired) electrons. The standard InChI is InChI=1S/C25H27F2N5O3/c1-31(18-11-5-4-10-17(18)27)23-20-24(29-13-28-23)32(14-30-20)25-22(34)21(33)19(35-25)12-6-8-15-7-2-3-9-16(15)26/h2-3,7,9,13-14,17-19,21-22,25,33-34H,4-5,10-12H2,1H3/t17?,18?,19-,21-,22-,25-/m1/s1. The first-order valence-electron chi connectivity index (χ1n) is 11.7. The predicted molar refractivity (Wildman–Crippen MR) is 125 cm³/mol. The van der Waals surface area contributed by atoms with Crippen molar-refractivity contribution >= 4 is 17.0 Å². The normalized spacial score (nSPS) is 28.6. The maximum absolute atomic E-state index is 14.6. The molecule has 6 atom stereocenters. The molecule has 1 saturated heterocycles. The van der Waals surface area contributed by atoms with Gasteiger partial charge in [-0.1, -0.05) is 36.8 Å². The summed E-state index contributed by atoms with van der Waals surface area (Å²) in [6.07, 6.45) is 0.898. The van der Waals surface area contributed by atoms with Gasteiger partial charge in [0.2, 0.25) is 0 Å². The molecule has 2 N–H and O–H groups in total. The SMILES string of the molecule is CN(c1ncnc2c1ncn2[C@@H]1O[C@H](CC#Cc2ccccc2F)[C@@H](O)[C@H]1O)C1CCCCC1F. The number of aliphatic hydroxyl groups is 2. The van der Waals surface area contributed by atoms with Gasteiger partial charge in [-0.25, -0.2) is 23.7 Å². The molecule has 1 aliphatic heterocycles. The molecule has 8 nitrogen and oxygen atoms in total. The van der Waals surface area contributed by atoms with Crippen LogP contribution in [0.4, 0.5) is 14.6 Å². The van der Waals surface area contributed by atoms with Gasteiger partial charge in [-0.15, -0.1) is 0 Å². The number of ether oxygens (including phenoxy) is 1. The summed E-state index contributed by atoms with van der Waals surface area (Å²) < 4.78 is 35.8. The molecule has 3 aromatic rings. The number of halogens is 2. The molecule has 184 valence electrons. The first-order valence-corrected chi connectivity index (χ1v) is 11.7. The van der Waals surface area contributed by atoms with Crippen LogP contribution in [0.5, 0.6) is 0 Å². The highest BCUT2D eigenvalue weighted by molar-refractivity contribution is 5.83. The molecular formula is C25H27F2N5O3. The van der Waals surface area contributed by atoms with Crippen LogP contribution in [0, 0.1) is 17.7 Å². The Labute approximate surface area is 201 Å². The van der Waals surface area contributed by atoms with E-state index in [1.807, 2.05) is 4.90 Å². The molecule has 1 saturated carbocycles. The highest BCUT2D eigenvalue weighted by Crippen LogP contribution is 2.35. The van der Waals surface area contributed by atoms with Crippen LogP contribution in [-0.4, -0.2) is 67.3 Å². The van der Waals surface area contributed by atoms with Crippen LogP contribution in [0.25, 0.3) is 11.2 Å². The van der Waals surface area contributed by atoms with Crippen molar-refractivity contribution in [1.82, 2.24) is 19.5 Å². The zero-order chi connectivity index (χ0) is 24.5. The molecule has 1 aliphatic carbocycles. The highest BCUT2D eigenvalue weighted by Gasteiger charge is 2.44. The molecule has 2 aromatic heterocycles. The first kappa shape index (κ1) is 23.6. The summed E-state index contributed by atoms with van der Waals surface area (Å²) in [4.78, 5) is 14.9. The van der Waals surface area contributed by atoms with E-state index < -0.39 is 36.5 Å². The van der Waals surface area contributed by atoms with Crippen LogP contribution in [0.3, 0.4) is 0 Å². The van der Waals surface area contributed by atoms with Crippen molar-refractivity contribution in [1.29, 1.82) is 0 Å². The zero-order valence-corrected chi connectivity index (χ0v) is 19.3. The van der Waals surface area contributed by atoms with Gasteiger partial charge >= 0.3 is 0 Å². The van der Waals surface area contributed by atoms with E-state index >= 15 is 0 Å². The second kappa shape index (κ2) is 9.85. The minimum absolute atomic E-state index is 0.0955. The van der Waals surface area contributed by atoms with Crippen molar-refractivity contribution in [3.05, 3.63) is 48.3 Å². The van der Waals surface area contributed by atoms with Gasteiger partial charge in [0, 0.05) is 13.5 Å². The number of nitrogens with zero attached hydrogens (tertiary/aromatic N) is 5. The second-order valence-electron chi connectivity index (χ2n) is 9.03. The summed E-state index contributed by atoms with van der Waals surface area (Å²) in [5.74, 6) is 5.64. The number of alkyl halides is 1. The van der Waals surface area contributed by atoms with E-state index in [0.29, 0.717) is 23.4 Å². The Balaban J connectivity index is 1.37. The Morgan fingerprint density at radius 2 is 1.94 bits per heavy atom. The second-order valence-corrected chi connectivity index (χ2v) is 9.03. The minimum Gasteiger partial charge on any atom is -0.387 e. The maximum atomic E-state index is 14.6. The molecule has 1 aromatic carbocycles. The largest absolute Gasteiger partial charge is 0.387 e. The number of hydrogen-bond acceptors (Lipinski definition) is 7. The fourth-order valence-corrected chi connectivity index (χ4v) is 4.88. The molecule has 5 rings (SSSR count). The van der Waals surface area contributed by atoms with Crippen LogP contribution in [0.2, 0.25) is 0 Å². The van der Waals surface area contributed by atoms with Crippen LogP contribution < -0.4 is 4.90 Å². The van der Waals surface area contributed by atoms with Crippen LogP contribution in [0.1, 0.15) is 43.9 Å². The molecule has 2 fully saturated rings. The van der Waals surface area contributed by atoms with Gasteiger partial charge in [0.15, 0.2) is 23.2 Å². The average molecular weight is 484 g/mol. The van der Waals surface area contributed by atoms with E-state index in [4.69, 9.17) is 4.74 Å². The van der Waals surface area contributed by atoms with E-state index in [1.54, 1.807) is 29.8 Å². The average Bonchev–Trinajstić information content (AvgIpc) is 3.41. The number of aromatic nitrogens is 4. The highest BCUT2D eigenvalue weighted by atomic mass is 19.1. The number of hydrogen-bond donors (Lipinski definition) is 2. The van der Waals surface area contributed by atoms with Crippen molar-refractivity contribution in [2.45, 2.75) is 68.9 Å². The van der Waals surface area contributed by atoms with Gasteiger partial charge in [0.25, 0.3) is 0 Å². The van der Waals surface area contributed by atoms with Gasteiger partial charge in [0.1, 0.15) is 30.5 Å². The Morgan fingerprint density at radius 1 is 1.14 bits per heavy atom. The number of aliphatic hydroxyl groups excluding tert-OH is 2. The zero-order valence-electron chi connectivity index (χ0n) is 19.3. The van der Waals surface area contributed by atoms with E-state index in [1.165, 1.54) is 18.7 Å². The van der Waals surface area contributed by atoms with Gasteiger partial charge in [0.05, 0.1) is 24.0 Å². The van der Waals surface area contributed by atoms with Crippen molar-refractivity contribution in [2.75, 3.05) is 11.9 Å². The summed E-state index contributed by atoms with van der Waals surface area (Å²) in [7, 11) is 1.80. The summed E-state index contributed by atoms with van der Waals surface area (Å²) in [5, 5.41) is 21.3. The summed E-state index contributed by atoms with van der Waals surface area (Å²) in [5.41, 5.74) is 1.11. The van der Waals surface area contributed by atoms with Crippen molar-refractivity contribution in [3.63, 3.8) is 0 Å². The van der Waals surface area contributed by atoms with Crippen LogP contribution in [0.15, 0.2) is 36.9 Å². The Morgan fingerprint density at radius 3 is 2.74 bits per heavy atom. The molecule has 10 heteroatoms. The Hall–Kier alpha value is -3.13. The van der Waals surface area contributed by atoms with Crippen molar-refractivity contribution in [3.8, 4) is 11.8 Å². The van der Waals surface area contributed by atoms with Crippen LogP contribution >= 0.6 is 0 Å². The quantitative estimate of drug-likeness (QED) is 0.551. The number of fused-ring (bicyclic) bond motifs is 1. The smallest absolute Gasteiger partial charge is 0.167 e.